The number of aliphatic carboxylic acids is 1. The van der Waals surface area contributed by atoms with Crippen molar-refractivity contribution in [2.75, 3.05) is 6.54 Å². The van der Waals surface area contributed by atoms with Gasteiger partial charge in [-0.25, -0.2) is 0 Å². The molecule has 0 aromatic carbocycles. The summed E-state index contributed by atoms with van der Waals surface area (Å²) in [5.74, 6) is -0.543. The predicted octanol–water partition coefficient (Wildman–Crippen LogP) is 1.54. The predicted molar refractivity (Wildman–Crippen MR) is 73.4 cm³/mol. The van der Waals surface area contributed by atoms with Crippen LogP contribution in [0.2, 0.25) is 0 Å². The number of rotatable bonds is 6. The molecule has 1 saturated carbocycles. The number of carbonyl (C=O) groups is 2. The van der Waals surface area contributed by atoms with Gasteiger partial charge in [-0.05, 0) is 12.8 Å². The van der Waals surface area contributed by atoms with E-state index in [4.69, 9.17) is 0 Å². The summed E-state index contributed by atoms with van der Waals surface area (Å²) in [6.07, 6.45) is 6.79. The van der Waals surface area contributed by atoms with Crippen LogP contribution in [-0.2, 0) is 16.0 Å². The molecular formula is C14H21N3O4. The Morgan fingerprint density at radius 3 is 2.57 bits per heavy atom. The van der Waals surface area contributed by atoms with E-state index in [1.807, 2.05) is 0 Å². The normalized spacial score (nSPS) is 17.9. The minimum Gasteiger partial charge on any atom is -0.481 e. The number of amides is 1. The van der Waals surface area contributed by atoms with E-state index in [2.05, 4.69) is 20.0 Å². The van der Waals surface area contributed by atoms with Crippen molar-refractivity contribution in [2.45, 2.75) is 51.4 Å². The van der Waals surface area contributed by atoms with E-state index in [0.717, 1.165) is 25.7 Å². The Balaban J connectivity index is 1.84. The molecule has 0 bridgehead atoms. The highest BCUT2D eigenvalue weighted by atomic mass is 16.5. The minimum absolute atomic E-state index is 0.0502. The zero-order valence-electron chi connectivity index (χ0n) is 12.0. The second-order valence-corrected chi connectivity index (χ2v) is 5.62. The lowest BCUT2D eigenvalue weighted by Crippen LogP contribution is -2.38. The van der Waals surface area contributed by atoms with Gasteiger partial charge in [0.15, 0.2) is 5.82 Å². The zero-order valence-corrected chi connectivity index (χ0v) is 12.0. The number of nitrogens with zero attached hydrogens (tertiary/aromatic N) is 2. The maximum atomic E-state index is 12.0. The van der Waals surface area contributed by atoms with Crippen molar-refractivity contribution < 1.29 is 19.2 Å². The maximum Gasteiger partial charge on any atom is 0.310 e. The largest absolute Gasteiger partial charge is 0.481 e. The van der Waals surface area contributed by atoms with E-state index in [9.17, 15) is 14.7 Å². The third-order valence-electron chi connectivity index (χ3n) is 4.09. The second kappa shape index (κ2) is 7.19. The molecule has 116 valence electrons. The Morgan fingerprint density at radius 2 is 2.00 bits per heavy atom. The van der Waals surface area contributed by atoms with Crippen LogP contribution >= 0.6 is 0 Å². The fourth-order valence-corrected chi connectivity index (χ4v) is 2.86. The van der Waals surface area contributed by atoms with Crippen LogP contribution < -0.4 is 5.32 Å². The number of carboxylic acid groups (broad SMARTS) is 1. The molecule has 1 aromatic heterocycles. The smallest absolute Gasteiger partial charge is 0.310 e. The summed E-state index contributed by atoms with van der Waals surface area (Å²) < 4.78 is 4.60. The van der Waals surface area contributed by atoms with E-state index in [1.165, 1.54) is 6.39 Å². The maximum absolute atomic E-state index is 12.0. The highest BCUT2D eigenvalue weighted by molar-refractivity contribution is 5.85. The zero-order chi connectivity index (χ0) is 15.1. The summed E-state index contributed by atoms with van der Waals surface area (Å²) >= 11 is 0. The number of hydrogen-bond donors (Lipinski definition) is 2. The van der Waals surface area contributed by atoms with Crippen LogP contribution in [0.15, 0.2) is 10.9 Å². The molecule has 2 rings (SSSR count). The second-order valence-electron chi connectivity index (χ2n) is 5.62. The molecule has 1 heterocycles. The van der Waals surface area contributed by atoms with Crippen LogP contribution in [0.4, 0.5) is 0 Å². The quantitative estimate of drug-likeness (QED) is 0.771. The van der Waals surface area contributed by atoms with Crippen LogP contribution in [0, 0.1) is 5.41 Å². The fourth-order valence-electron chi connectivity index (χ4n) is 2.86. The first-order valence-electron chi connectivity index (χ1n) is 7.38. The number of carboxylic acids is 1. The van der Waals surface area contributed by atoms with E-state index < -0.39 is 11.4 Å². The molecule has 0 radical (unpaired) electrons. The molecule has 7 heteroatoms. The Morgan fingerprint density at radius 1 is 1.29 bits per heavy atom. The molecule has 0 aliphatic heterocycles. The topological polar surface area (TPSA) is 105 Å². The summed E-state index contributed by atoms with van der Waals surface area (Å²) in [6.45, 7) is 0.383. The van der Waals surface area contributed by atoms with Gasteiger partial charge in [-0.2, -0.15) is 4.98 Å². The molecule has 1 aliphatic rings. The van der Waals surface area contributed by atoms with Crippen molar-refractivity contribution in [3.05, 3.63) is 12.2 Å². The number of carbonyl (C=O) groups excluding carboxylic acids is 1. The molecule has 0 unspecified atom stereocenters. The Kier molecular flexibility index (Phi) is 5.30. The number of aromatic nitrogens is 2. The summed E-state index contributed by atoms with van der Waals surface area (Å²) in [6, 6.07) is 0. The standard InChI is InChI=1S/C14H21N3O4/c18-12(15-8-5-11-16-10-21-17-11)9-14(13(19)20)6-3-1-2-4-7-14/h10H,1-9H2,(H,15,18)(H,19,20). The van der Waals surface area contributed by atoms with Gasteiger partial charge in [0, 0.05) is 19.4 Å². The van der Waals surface area contributed by atoms with Gasteiger partial charge in [0.05, 0.1) is 5.41 Å². The summed E-state index contributed by atoms with van der Waals surface area (Å²) in [5, 5.41) is 15.9. The van der Waals surface area contributed by atoms with Crippen LogP contribution in [0.5, 0.6) is 0 Å². The van der Waals surface area contributed by atoms with E-state index in [1.54, 1.807) is 0 Å². The van der Waals surface area contributed by atoms with E-state index in [0.29, 0.717) is 31.6 Å². The average molecular weight is 295 g/mol. The fraction of sp³-hybridized carbons (Fsp3) is 0.714. The van der Waals surface area contributed by atoms with Crippen LogP contribution in [0.3, 0.4) is 0 Å². The third kappa shape index (κ3) is 4.27. The molecule has 0 atom stereocenters. The molecule has 0 saturated heterocycles. The van der Waals surface area contributed by atoms with Crippen molar-refractivity contribution in [1.82, 2.24) is 15.5 Å². The molecular weight excluding hydrogens is 274 g/mol. The van der Waals surface area contributed by atoms with Crippen LogP contribution in [0.25, 0.3) is 0 Å². The third-order valence-corrected chi connectivity index (χ3v) is 4.09. The van der Waals surface area contributed by atoms with Gasteiger partial charge in [0.1, 0.15) is 0 Å². The summed E-state index contributed by atoms with van der Waals surface area (Å²) in [4.78, 5) is 27.5. The Hall–Kier alpha value is -1.92. The highest BCUT2D eigenvalue weighted by Crippen LogP contribution is 2.38. The van der Waals surface area contributed by atoms with Crippen molar-refractivity contribution in [2.24, 2.45) is 5.41 Å². The molecule has 1 amide bonds. The molecule has 7 nitrogen and oxygen atoms in total. The van der Waals surface area contributed by atoms with Gasteiger partial charge in [-0.3, -0.25) is 9.59 Å². The lowest BCUT2D eigenvalue weighted by atomic mass is 9.77. The van der Waals surface area contributed by atoms with Gasteiger partial charge < -0.3 is 14.9 Å². The first kappa shape index (κ1) is 15.5. The van der Waals surface area contributed by atoms with Crippen molar-refractivity contribution in [3.8, 4) is 0 Å². The molecule has 1 aromatic rings. The number of hydrogen-bond acceptors (Lipinski definition) is 5. The highest BCUT2D eigenvalue weighted by Gasteiger charge is 2.40. The van der Waals surface area contributed by atoms with Crippen LogP contribution in [-0.4, -0.2) is 33.7 Å². The first-order chi connectivity index (χ1) is 10.1. The average Bonchev–Trinajstić information content (AvgIpc) is 2.84. The first-order valence-corrected chi connectivity index (χ1v) is 7.38. The molecule has 1 aliphatic carbocycles. The van der Waals surface area contributed by atoms with Gasteiger partial charge in [0.25, 0.3) is 0 Å². The SMILES string of the molecule is O=C(CC1(C(=O)O)CCCCCC1)NCCc1ncon1. The summed E-state index contributed by atoms with van der Waals surface area (Å²) in [5.41, 5.74) is -0.896. The molecule has 2 N–H and O–H groups in total. The Labute approximate surface area is 123 Å². The van der Waals surface area contributed by atoms with E-state index in [-0.39, 0.29) is 12.3 Å². The molecule has 1 fully saturated rings. The monoisotopic (exact) mass is 295 g/mol. The van der Waals surface area contributed by atoms with E-state index >= 15 is 0 Å². The van der Waals surface area contributed by atoms with Crippen molar-refractivity contribution >= 4 is 11.9 Å². The lowest BCUT2D eigenvalue weighted by Gasteiger charge is -2.27. The van der Waals surface area contributed by atoms with Gasteiger partial charge in [0.2, 0.25) is 12.3 Å². The lowest BCUT2D eigenvalue weighted by molar-refractivity contribution is -0.152. The van der Waals surface area contributed by atoms with Crippen molar-refractivity contribution in [3.63, 3.8) is 0 Å². The summed E-state index contributed by atoms with van der Waals surface area (Å²) in [7, 11) is 0. The van der Waals surface area contributed by atoms with Crippen LogP contribution in [0.1, 0.15) is 50.8 Å². The van der Waals surface area contributed by atoms with Crippen molar-refractivity contribution in [1.29, 1.82) is 0 Å². The molecule has 0 spiro atoms. The van der Waals surface area contributed by atoms with Gasteiger partial charge in [-0.15, -0.1) is 0 Å². The molecule has 21 heavy (non-hydrogen) atoms. The minimum atomic E-state index is -0.896. The van der Waals surface area contributed by atoms with Gasteiger partial charge in [-0.1, -0.05) is 30.8 Å². The Bertz CT molecular complexity index is 465. The van der Waals surface area contributed by atoms with Gasteiger partial charge >= 0.3 is 5.97 Å². The number of nitrogens with one attached hydrogen (secondary N) is 1.